The predicted octanol–water partition coefficient (Wildman–Crippen LogP) is 1.32. The van der Waals surface area contributed by atoms with Crippen molar-refractivity contribution in [3.63, 3.8) is 0 Å². The van der Waals surface area contributed by atoms with Gasteiger partial charge in [0.25, 0.3) is 5.78 Å². The highest BCUT2D eigenvalue weighted by Crippen LogP contribution is 2.26. The van der Waals surface area contributed by atoms with Gasteiger partial charge in [-0.3, -0.25) is 4.79 Å². The molecule has 0 aliphatic rings. The summed E-state index contributed by atoms with van der Waals surface area (Å²) in [5, 5.41) is 0.0454. The number of hydrogen-bond acceptors (Lipinski definition) is 5. The minimum Gasteiger partial charge on any atom is -0.464 e. The summed E-state index contributed by atoms with van der Waals surface area (Å²) >= 11 is 11.6. The molecule has 0 fully saturated rings. The van der Waals surface area contributed by atoms with Crippen molar-refractivity contribution in [3.05, 3.63) is 21.9 Å². The van der Waals surface area contributed by atoms with Crippen LogP contribution in [0.15, 0.2) is 6.07 Å². The van der Waals surface area contributed by atoms with Gasteiger partial charge in [-0.25, -0.2) is 9.59 Å². The smallest absolute Gasteiger partial charge is 0.376 e. The number of ether oxygens (including phenoxy) is 2. The zero-order chi connectivity index (χ0) is 13.9. The normalized spacial score (nSPS) is 10.0. The number of nitrogens with zero attached hydrogens (tertiary/aromatic N) is 1. The van der Waals surface area contributed by atoms with Crippen LogP contribution < -0.4 is 0 Å². The van der Waals surface area contributed by atoms with E-state index in [1.165, 1.54) is 13.2 Å². The summed E-state index contributed by atoms with van der Waals surface area (Å²) in [5.41, 5.74) is -0.0234. The predicted molar refractivity (Wildman–Crippen MR) is 62.8 cm³/mol. The summed E-state index contributed by atoms with van der Waals surface area (Å²) in [7, 11) is 2.25. The molecule has 0 N–H and O–H groups in total. The van der Waals surface area contributed by atoms with Gasteiger partial charge in [0.1, 0.15) is 10.8 Å². The number of rotatable bonds is 4. The van der Waals surface area contributed by atoms with Crippen molar-refractivity contribution in [1.82, 2.24) is 4.57 Å². The van der Waals surface area contributed by atoms with Gasteiger partial charge in [0.05, 0.1) is 25.8 Å². The number of Topliss-reactive ketones (excluding diaryl/α,β-unsaturated/α-hetero) is 1. The van der Waals surface area contributed by atoms with E-state index in [0.29, 0.717) is 0 Å². The van der Waals surface area contributed by atoms with Crippen molar-refractivity contribution in [1.29, 1.82) is 0 Å². The lowest BCUT2D eigenvalue weighted by atomic mass is 10.3. The second-order valence-electron chi connectivity index (χ2n) is 3.16. The van der Waals surface area contributed by atoms with E-state index in [2.05, 4.69) is 9.47 Å². The van der Waals surface area contributed by atoms with E-state index in [-0.39, 0.29) is 15.9 Å². The number of methoxy groups -OCH3 is 2. The zero-order valence-corrected chi connectivity index (χ0v) is 11.0. The van der Waals surface area contributed by atoms with E-state index < -0.39 is 24.3 Å². The molecule has 0 atom stereocenters. The molecule has 18 heavy (non-hydrogen) atoms. The van der Waals surface area contributed by atoms with Crippen molar-refractivity contribution in [3.8, 4) is 0 Å². The molecule has 0 amide bonds. The Morgan fingerprint density at radius 3 is 2.33 bits per heavy atom. The number of carbonyl (C=O) groups excluding carboxylic acids is 3. The van der Waals surface area contributed by atoms with Gasteiger partial charge in [0.15, 0.2) is 0 Å². The van der Waals surface area contributed by atoms with Gasteiger partial charge in [-0.1, -0.05) is 23.2 Å². The first kappa shape index (κ1) is 14.5. The number of carbonyl (C=O) groups is 3. The molecule has 6 nitrogen and oxygen atoms in total. The minimum absolute atomic E-state index is 0.0234. The molecule has 8 heteroatoms. The molecule has 0 spiro atoms. The Morgan fingerprint density at radius 2 is 1.83 bits per heavy atom. The van der Waals surface area contributed by atoms with Crippen LogP contribution in [0.2, 0.25) is 10.2 Å². The molecule has 1 aromatic rings. The maximum atomic E-state index is 11.4. The Morgan fingerprint density at radius 1 is 1.22 bits per heavy atom. The summed E-state index contributed by atoms with van der Waals surface area (Å²) < 4.78 is 9.85. The van der Waals surface area contributed by atoms with Crippen molar-refractivity contribution in [2.45, 2.75) is 6.54 Å². The Hall–Kier alpha value is -1.53. The molecule has 0 aliphatic heterocycles. The fraction of sp³-hybridized carbons (Fsp3) is 0.300. The van der Waals surface area contributed by atoms with Crippen LogP contribution in [0.3, 0.4) is 0 Å². The first-order valence-electron chi connectivity index (χ1n) is 4.66. The van der Waals surface area contributed by atoms with Crippen molar-refractivity contribution in [2.75, 3.05) is 14.2 Å². The van der Waals surface area contributed by atoms with Crippen LogP contribution in [0.1, 0.15) is 10.5 Å². The van der Waals surface area contributed by atoms with E-state index in [4.69, 9.17) is 23.2 Å². The van der Waals surface area contributed by atoms with Crippen LogP contribution in [0.25, 0.3) is 0 Å². The topological polar surface area (TPSA) is 74.6 Å². The third-order valence-corrected chi connectivity index (χ3v) is 2.89. The highest BCUT2D eigenvalue weighted by Gasteiger charge is 2.23. The van der Waals surface area contributed by atoms with Crippen LogP contribution in [0, 0.1) is 0 Å². The van der Waals surface area contributed by atoms with Crippen LogP contribution in [-0.4, -0.2) is 36.5 Å². The fourth-order valence-corrected chi connectivity index (χ4v) is 1.65. The summed E-state index contributed by atoms with van der Waals surface area (Å²) in [6.07, 6.45) is 0. The molecule has 0 aromatic carbocycles. The van der Waals surface area contributed by atoms with Crippen molar-refractivity contribution < 1.29 is 23.9 Å². The van der Waals surface area contributed by atoms with Crippen molar-refractivity contribution in [2.24, 2.45) is 0 Å². The number of hydrogen-bond donors (Lipinski definition) is 0. The fourth-order valence-electron chi connectivity index (χ4n) is 1.24. The van der Waals surface area contributed by atoms with E-state index in [1.54, 1.807) is 0 Å². The lowest BCUT2D eigenvalue weighted by Crippen LogP contribution is -2.23. The lowest BCUT2D eigenvalue weighted by Gasteiger charge is -2.07. The summed E-state index contributed by atoms with van der Waals surface area (Å²) in [6.45, 7) is -0.456. The Bertz CT molecular complexity index is 509. The number of halogens is 2. The molecular weight excluding hydrogens is 285 g/mol. The standard InChI is InChI=1S/C10H9Cl2NO5/c1-17-9(15)6-3-5(11)8(12)13(6)4-7(14)10(16)18-2/h3H,4H2,1-2H3. The highest BCUT2D eigenvalue weighted by molar-refractivity contribution is 6.42. The first-order chi connectivity index (χ1) is 8.42. The monoisotopic (exact) mass is 293 g/mol. The largest absolute Gasteiger partial charge is 0.464 e. The van der Waals surface area contributed by atoms with E-state index in [9.17, 15) is 14.4 Å². The average Bonchev–Trinajstić information content (AvgIpc) is 2.64. The molecule has 0 aliphatic carbocycles. The first-order valence-corrected chi connectivity index (χ1v) is 5.42. The molecular formula is C10H9Cl2NO5. The van der Waals surface area contributed by atoms with Gasteiger partial charge in [-0.05, 0) is 6.07 Å². The third kappa shape index (κ3) is 2.83. The SMILES string of the molecule is COC(=O)C(=O)Cn1c(C(=O)OC)cc(Cl)c1Cl. The van der Waals surface area contributed by atoms with Gasteiger partial charge in [0, 0.05) is 0 Å². The van der Waals surface area contributed by atoms with Gasteiger partial charge in [-0.2, -0.15) is 0 Å². The molecule has 0 saturated carbocycles. The second-order valence-corrected chi connectivity index (χ2v) is 3.93. The van der Waals surface area contributed by atoms with Crippen molar-refractivity contribution >= 4 is 40.9 Å². The van der Waals surface area contributed by atoms with Crippen LogP contribution >= 0.6 is 23.2 Å². The van der Waals surface area contributed by atoms with Crippen LogP contribution in [-0.2, 0) is 25.6 Å². The molecule has 1 aromatic heterocycles. The molecule has 1 heterocycles. The summed E-state index contributed by atoms with van der Waals surface area (Å²) in [5.74, 6) is -2.62. The lowest BCUT2D eigenvalue weighted by molar-refractivity contribution is -0.151. The van der Waals surface area contributed by atoms with Gasteiger partial charge in [-0.15, -0.1) is 0 Å². The molecule has 0 unspecified atom stereocenters. The molecule has 98 valence electrons. The third-order valence-electron chi connectivity index (χ3n) is 2.10. The maximum Gasteiger partial charge on any atom is 0.376 e. The average molecular weight is 294 g/mol. The Labute approximate surface area is 112 Å². The maximum absolute atomic E-state index is 11.4. The van der Waals surface area contributed by atoms with Crippen LogP contribution in [0.5, 0.6) is 0 Å². The summed E-state index contributed by atoms with van der Waals surface area (Å²) in [4.78, 5) is 33.9. The minimum atomic E-state index is -1.04. The second kappa shape index (κ2) is 5.88. The number of esters is 2. The molecule has 0 saturated heterocycles. The van der Waals surface area contributed by atoms with Gasteiger partial charge >= 0.3 is 11.9 Å². The molecule has 0 bridgehead atoms. The van der Waals surface area contributed by atoms with Crippen LogP contribution in [0.4, 0.5) is 0 Å². The number of aromatic nitrogens is 1. The Kier molecular flexibility index (Phi) is 4.75. The zero-order valence-electron chi connectivity index (χ0n) is 9.53. The summed E-state index contributed by atoms with van der Waals surface area (Å²) in [6, 6.07) is 1.25. The molecule has 0 radical (unpaired) electrons. The van der Waals surface area contributed by atoms with E-state index >= 15 is 0 Å². The van der Waals surface area contributed by atoms with E-state index in [0.717, 1.165) is 11.7 Å². The highest BCUT2D eigenvalue weighted by atomic mass is 35.5. The van der Waals surface area contributed by atoms with Gasteiger partial charge < -0.3 is 14.0 Å². The molecule has 1 rings (SSSR count). The quantitative estimate of drug-likeness (QED) is 0.618. The Balaban J connectivity index is 3.11. The number of ketones is 1. The van der Waals surface area contributed by atoms with Gasteiger partial charge in [0.2, 0.25) is 0 Å². The van der Waals surface area contributed by atoms with E-state index in [1.807, 2.05) is 0 Å².